The lowest BCUT2D eigenvalue weighted by Crippen LogP contribution is -2.41. The van der Waals surface area contributed by atoms with Crippen molar-refractivity contribution in [1.29, 1.82) is 5.26 Å². The average molecular weight is 496 g/mol. The maximum Gasteiger partial charge on any atom is 0.191 e. The second-order valence-electron chi connectivity index (χ2n) is 6.76. The molecule has 0 aromatic heterocycles. The summed E-state index contributed by atoms with van der Waals surface area (Å²) in [6, 6.07) is 13.0. The van der Waals surface area contributed by atoms with Gasteiger partial charge in [0.25, 0.3) is 0 Å². The van der Waals surface area contributed by atoms with E-state index in [0.29, 0.717) is 24.6 Å². The van der Waals surface area contributed by atoms with Crippen molar-refractivity contribution in [2.75, 3.05) is 13.1 Å². The zero-order valence-electron chi connectivity index (χ0n) is 15.6. The molecule has 2 aromatic rings. The first-order valence-electron chi connectivity index (χ1n) is 9.03. The smallest absolute Gasteiger partial charge is 0.191 e. The first-order chi connectivity index (χ1) is 13.1. The topological polar surface area (TPSA) is 60.2 Å². The summed E-state index contributed by atoms with van der Waals surface area (Å²) in [6.07, 6.45) is 1.99. The molecular weight excluding hydrogens is 473 g/mol. The molecule has 2 aromatic carbocycles. The highest BCUT2D eigenvalue weighted by molar-refractivity contribution is 14.0. The third-order valence-electron chi connectivity index (χ3n) is 4.82. The molecule has 148 valence electrons. The second-order valence-corrected chi connectivity index (χ2v) is 6.76. The van der Waals surface area contributed by atoms with Gasteiger partial charge in [-0.15, -0.1) is 24.0 Å². The van der Waals surface area contributed by atoms with Crippen molar-refractivity contribution in [3.8, 4) is 6.07 Å². The van der Waals surface area contributed by atoms with E-state index in [9.17, 15) is 8.78 Å². The molecule has 2 N–H and O–H groups in total. The van der Waals surface area contributed by atoms with Crippen molar-refractivity contribution in [3.05, 3.63) is 70.8 Å². The van der Waals surface area contributed by atoms with Crippen LogP contribution in [0.25, 0.3) is 0 Å². The number of benzene rings is 2. The summed E-state index contributed by atoms with van der Waals surface area (Å²) in [5, 5.41) is 15.3. The van der Waals surface area contributed by atoms with E-state index < -0.39 is 5.82 Å². The molecule has 1 fully saturated rings. The molecule has 1 aliphatic rings. The first-order valence-corrected chi connectivity index (χ1v) is 9.03. The Hall–Kier alpha value is -2.21. The molecule has 0 bridgehead atoms. The van der Waals surface area contributed by atoms with Gasteiger partial charge >= 0.3 is 0 Å². The van der Waals surface area contributed by atoms with Gasteiger partial charge in [-0.25, -0.2) is 13.8 Å². The van der Waals surface area contributed by atoms with Crippen LogP contribution in [0, 0.1) is 23.0 Å². The van der Waals surface area contributed by atoms with Crippen LogP contribution in [0.4, 0.5) is 8.78 Å². The van der Waals surface area contributed by atoms with E-state index in [1.54, 1.807) is 24.3 Å². The van der Waals surface area contributed by atoms with Gasteiger partial charge < -0.3 is 10.6 Å². The zero-order valence-corrected chi connectivity index (χ0v) is 18.0. The molecule has 7 heteroatoms. The van der Waals surface area contributed by atoms with Crippen molar-refractivity contribution in [1.82, 2.24) is 10.6 Å². The Morgan fingerprint density at radius 3 is 2.57 bits per heavy atom. The summed E-state index contributed by atoms with van der Waals surface area (Å²) in [4.78, 5) is 4.44. The number of rotatable bonds is 6. The van der Waals surface area contributed by atoms with Gasteiger partial charge in [0.15, 0.2) is 5.96 Å². The fourth-order valence-electron chi connectivity index (χ4n) is 3.04. The number of hydrogen-bond acceptors (Lipinski definition) is 2. The first kappa shape index (κ1) is 22.1. The molecule has 0 aliphatic heterocycles. The van der Waals surface area contributed by atoms with E-state index in [-0.39, 0.29) is 47.3 Å². The molecular formula is C21H23F2IN4. The van der Waals surface area contributed by atoms with Crippen molar-refractivity contribution < 1.29 is 8.78 Å². The fraction of sp³-hybridized carbons (Fsp3) is 0.333. The number of nitriles is 1. The van der Waals surface area contributed by atoms with Crippen LogP contribution in [0.2, 0.25) is 0 Å². The van der Waals surface area contributed by atoms with Crippen molar-refractivity contribution in [2.24, 2.45) is 4.99 Å². The molecule has 0 spiro atoms. The van der Waals surface area contributed by atoms with Gasteiger partial charge in [-0.3, -0.25) is 0 Å². The third kappa shape index (κ3) is 5.41. The van der Waals surface area contributed by atoms with E-state index in [1.807, 2.05) is 19.1 Å². The zero-order chi connectivity index (χ0) is 19.3. The van der Waals surface area contributed by atoms with Crippen LogP contribution in [0.5, 0.6) is 0 Å². The minimum absolute atomic E-state index is 0. The van der Waals surface area contributed by atoms with E-state index >= 15 is 0 Å². The quantitative estimate of drug-likeness (QED) is 0.358. The Balaban J connectivity index is 0.00000280. The van der Waals surface area contributed by atoms with Crippen LogP contribution in [-0.2, 0) is 12.0 Å². The summed E-state index contributed by atoms with van der Waals surface area (Å²) in [5.74, 6) is -0.0772. The van der Waals surface area contributed by atoms with E-state index in [1.165, 1.54) is 12.1 Å². The predicted octanol–water partition coefficient (Wildman–Crippen LogP) is 4.24. The largest absolute Gasteiger partial charge is 0.357 e. The fourth-order valence-corrected chi connectivity index (χ4v) is 3.04. The summed E-state index contributed by atoms with van der Waals surface area (Å²) in [7, 11) is 0. The number of hydrogen-bond donors (Lipinski definition) is 2. The number of guanidine groups is 1. The minimum atomic E-state index is -0.438. The molecule has 4 nitrogen and oxygen atoms in total. The molecule has 0 radical (unpaired) electrons. The van der Waals surface area contributed by atoms with Gasteiger partial charge in [0.05, 0.1) is 18.2 Å². The molecule has 0 heterocycles. The summed E-state index contributed by atoms with van der Waals surface area (Å²) < 4.78 is 27.6. The van der Waals surface area contributed by atoms with Gasteiger partial charge in [-0.2, -0.15) is 5.26 Å². The Labute approximate surface area is 181 Å². The lowest BCUT2D eigenvalue weighted by atomic mass is 9.96. The van der Waals surface area contributed by atoms with Gasteiger partial charge in [0, 0.05) is 24.1 Å². The van der Waals surface area contributed by atoms with Gasteiger partial charge in [0.1, 0.15) is 11.6 Å². The Kier molecular flexibility index (Phi) is 7.75. The lowest BCUT2D eigenvalue weighted by Gasteiger charge is -2.19. The van der Waals surface area contributed by atoms with Crippen LogP contribution in [0.3, 0.4) is 0 Å². The molecule has 1 aliphatic carbocycles. The van der Waals surface area contributed by atoms with E-state index in [0.717, 1.165) is 18.4 Å². The van der Waals surface area contributed by atoms with E-state index in [4.69, 9.17) is 5.26 Å². The van der Waals surface area contributed by atoms with Crippen molar-refractivity contribution in [3.63, 3.8) is 0 Å². The number of nitrogens with one attached hydrogen (secondary N) is 2. The summed E-state index contributed by atoms with van der Waals surface area (Å²) in [6.45, 7) is 3.44. The monoisotopic (exact) mass is 496 g/mol. The molecule has 28 heavy (non-hydrogen) atoms. The molecule has 3 rings (SSSR count). The Morgan fingerprint density at radius 2 is 1.96 bits per heavy atom. The SMILES string of the molecule is CCNC(=NCc1ccc(C#N)cc1F)NCC1(c2cccc(F)c2)CC1.I. The molecule has 0 amide bonds. The highest BCUT2D eigenvalue weighted by atomic mass is 127. The van der Waals surface area contributed by atoms with Gasteiger partial charge in [0.2, 0.25) is 0 Å². The molecule has 0 saturated heterocycles. The van der Waals surface area contributed by atoms with Crippen LogP contribution in [-0.4, -0.2) is 19.0 Å². The maximum absolute atomic E-state index is 14.0. The summed E-state index contributed by atoms with van der Waals surface area (Å²) >= 11 is 0. The standard InChI is InChI=1S/C21H22F2N4.HI/c1-2-25-20(26-13-16-7-6-15(12-24)10-19(16)23)27-14-21(8-9-21)17-4-3-5-18(22)11-17;/h3-7,10-11H,2,8-9,13-14H2,1H3,(H2,25,26,27);1H. The maximum atomic E-state index is 14.0. The van der Waals surface area contributed by atoms with Gasteiger partial charge in [-0.05, 0) is 49.6 Å². The third-order valence-corrected chi connectivity index (χ3v) is 4.82. The normalized spacial score (nSPS) is 14.6. The van der Waals surface area contributed by atoms with Crippen molar-refractivity contribution in [2.45, 2.75) is 31.7 Å². The van der Waals surface area contributed by atoms with Gasteiger partial charge in [-0.1, -0.05) is 18.2 Å². The Bertz CT molecular complexity index is 888. The average Bonchev–Trinajstić information content (AvgIpc) is 3.46. The number of nitrogens with zero attached hydrogens (tertiary/aromatic N) is 2. The Morgan fingerprint density at radius 1 is 1.18 bits per heavy atom. The van der Waals surface area contributed by atoms with Crippen LogP contribution >= 0.6 is 24.0 Å². The summed E-state index contributed by atoms with van der Waals surface area (Å²) in [5.41, 5.74) is 1.63. The lowest BCUT2D eigenvalue weighted by molar-refractivity contribution is 0.604. The van der Waals surface area contributed by atoms with Crippen molar-refractivity contribution >= 4 is 29.9 Å². The predicted molar refractivity (Wildman–Crippen MR) is 117 cm³/mol. The highest BCUT2D eigenvalue weighted by Crippen LogP contribution is 2.47. The minimum Gasteiger partial charge on any atom is -0.357 e. The van der Waals surface area contributed by atoms with Crippen LogP contribution in [0.15, 0.2) is 47.5 Å². The number of halogens is 3. The molecule has 1 saturated carbocycles. The van der Waals surface area contributed by atoms with Crippen LogP contribution < -0.4 is 10.6 Å². The molecule has 0 atom stereocenters. The second kappa shape index (κ2) is 9.82. The van der Waals surface area contributed by atoms with E-state index in [2.05, 4.69) is 15.6 Å². The highest BCUT2D eigenvalue weighted by Gasteiger charge is 2.44. The van der Waals surface area contributed by atoms with Crippen LogP contribution in [0.1, 0.15) is 36.5 Å². The number of aliphatic imine (C=N–C) groups is 1. The molecule has 0 unspecified atom stereocenters.